The molecule has 0 bridgehead atoms. The fraction of sp³-hybridized carbons (Fsp3) is 0.682. The number of rotatable bonds is 10. The Morgan fingerprint density at radius 2 is 2.11 bits per heavy atom. The fourth-order valence-electron chi connectivity index (χ4n) is 3.51. The van der Waals surface area contributed by atoms with Gasteiger partial charge in [-0.3, -0.25) is 0 Å². The maximum atomic E-state index is 5.89. The Hall–Kier alpha value is -1.79. The van der Waals surface area contributed by atoms with Crippen LogP contribution in [0.15, 0.2) is 23.2 Å². The second-order valence-corrected chi connectivity index (χ2v) is 7.43. The molecule has 0 aromatic heterocycles. The van der Waals surface area contributed by atoms with Gasteiger partial charge in [0.15, 0.2) is 5.96 Å². The Bertz CT molecular complexity index is 606. The predicted molar refractivity (Wildman–Crippen MR) is 116 cm³/mol. The second-order valence-electron chi connectivity index (χ2n) is 7.43. The zero-order valence-electron chi connectivity index (χ0n) is 18.1. The van der Waals surface area contributed by atoms with Gasteiger partial charge in [0, 0.05) is 32.3 Å². The molecular formula is C22H38N4O2. The van der Waals surface area contributed by atoms with Crippen molar-refractivity contribution < 1.29 is 9.47 Å². The van der Waals surface area contributed by atoms with Crippen LogP contribution in [-0.4, -0.2) is 63.9 Å². The Morgan fingerprint density at radius 1 is 1.25 bits per heavy atom. The average molecular weight is 391 g/mol. The standard InChI is InChI=1S/C22H38N4O2/c1-5-23-22(24-15-19-8-7-11-26(6-2)17-19)25-16-20-10-9-18(3)14-21(20)28-13-12-27-4/h9-10,14,19H,5-8,11-13,15-17H2,1-4H3,(H2,23,24,25). The summed E-state index contributed by atoms with van der Waals surface area (Å²) < 4.78 is 11.0. The molecule has 1 aliphatic rings. The predicted octanol–water partition coefficient (Wildman–Crippen LogP) is 2.81. The van der Waals surface area contributed by atoms with Crippen LogP contribution in [0, 0.1) is 12.8 Å². The number of nitrogens with one attached hydrogen (secondary N) is 2. The van der Waals surface area contributed by atoms with Crippen molar-refractivity contribution in [2.75, 3.05) is 53.0 Å². The van der Waals surface area contributed by atoms with Crippen LogP contribution in [0.2, 0.25) is 0 Å². The van der Waals surface area contributed by atoms with Crippen LogP contribution in [0.4, 0.5) is 0 Å². The fourth-order valence-corrected chi connectivity index (χ4v) is 3.51. The molecule has 2 N–H and O–H groups in total. The summed E-state index contributed by atoms with van der Waals surface area (Å²) in [4.78, 5) is 7.33. The highest BCUT2D eigenvalue weighted by Gasteiger charge is 2.18. The van der Waals surface area contributed by atoms with E-state index in [0.717, 1.165) is 36.9 Å². The van der Waals surface area contributed by atoms with Gasteiger partial charge in [0.05, 0.1) is 13.2 Å². The topological polar surface area (TPSA) is 58.1 Å². The van der Waals surface area contributed by atoms with Crippen molar-refractivity contribution in [3.8, 4) is 5.75 Å². The molecule has 6 heteroatoms. The number of piperidine rings is 1. The van der Waals surface area contributed by atoms with Crippen molar-refractivity contribution in [1.82, 2.24) is 15.5 Å². The molecular weight excluding hydrogens is 352 g/mol. The minimum absolute atomic E-state index is 0.546. The van der Waals surface area contributed by atoms with Gasteiger partial charge in [0.2, 0.25) is 0 Å². The molecule has 2 rings (SSSR count). The van der Waals surface area contributed by atoms with E-state index in [1.807, 2.05) is 0 Å². The number of likely N-dealkylation sites (tertiary alicyclic amines) is 1. The van der Waals surface area contributed by atoms with Gasteiger partial charge < -0.3 is 25.0 Å². The van der Waals surface area contributed by atoms with E-state index in [4.69, 9.17) is 14.5 Å². The molecule has 1 saturated heterocycles. The van der Waals surface area contributed by atoms with Crippen LogP contribution in [-0.2, 0) is 11.3 Å². The first-order chi connectivity index (χ1) is 13.7. The van der Waals surface area contributed by atoms with Gasteiger partial charge in [-0.2, -0.15) is 0 Å². The maximum absolute atomic E-state index is 5.89. The zero-order valence-corrected chi connectivity index (χ0v) is 18.1. The lowest BCUT2D eigenvalue weighted by molar-refractivity contribution is 0.145. The summed E-state index contributed by atoms with van der Waals surface area (Å²) in [5, 5.41) is 6.91. The van der Waals surface area contributed by atoms with Crippen LogP contribution in [0.3, 0.4) is 0 Å². The van der Waals surface area contributed by atoms with Crippen LogP contribution >= 0.6 is 0 Å². The average Bonchev–Trinajstić information content (AvgIpc) is 2.71. The molecule has 1 unspecified atom stereocenters. The molecule has 158 valence electrons. The molecule has 1 heterocycles. The minimum Gasteiger partial charge on any atom is -0.491 e. The molecule has 6 nitrogen and oxygen atoms in total. The highest BCUT2D eigenvalue weighted by Crippen LogP contribution is 2.21. The third-order valence-electron chi connectivity index (χ3n) is 5.13. The molecule has 0 spiro atoms. The van der Waals surface area contributed by atoms with Crippen molar-refractivity contribution in [1.29, 1.82) is 0 Å². The van der Waals surface area contributed by atoms with Crippen LogP contribution < -0.4 is 15.4 Å². The van der Waals surface area contributed by atoms with E-state index < -0.39 is 0 Å². The van der Waals surface area contributed by atoms with Gasteiger partial charge in [-0.25, -0.2) is 4.99 Å². The van der Waals surface area contributed by atoms with E-state index in [2.05, 4.69) is 54.5 Å². The highest BCUT2D eigenvalue weighted by atomic mass is 16.5. The number of benzene rings is 1. The largest absolute Gasteiger partial charge is 0.491 e. The molecule has 1 aromatic rings. The second kappa shape index (κ2) is 12.6. The zero-order chi connectivity index (χ0) is 20.2. The first-order valence-corrected chi connectivity index (χ1v) is 10.6. The number of methoxy groups -OCH3 is 1. The summed E-state index contributed by atoms with van der Waals surface area (Å²) in [6, 6.07) is 6.28. The van der Waals surface area contributed by atoms with Crippen molar-refractivity contribution in [3.05, 3.63) is 29.3 Å². The summed E-state index contributed by atoms with van der Waals surface area (Å²) in [5.41, 5.74) is 2.27. The summed E-state index contributed by atoms with van der Waals surface area (Å²) in [6.45, 7) is 13.5. The van der Waals surface area contributed by atoms with E-state index in [9.17, 15) is 0 Å². The van der Waals surface area contributed by atoms with Crippen molar-refractivity contribution >= 4 is 5.96 Å². The number of aliphatic imine (C=N–C) groups is 1. The molecule has 1 fully saturated rings. The highest BCUT2D eigenvalue weighted by molar-refractivity contribution is 5.79. The van der Waals surface area contributed by atoms with Crippen LogP contribution in [0.25, 0.3) is 0 Å². The van der Waals surface area contributed by atoms with Crippen molar-refractivity contribution in [3.63, 3.8) is 0 Å². The lowest BCUT2D eigenvalue weighted by atomic mass is 9.98. The van der Waals surface area contributed by atoms with Crippen LogP contribution in [0.5, 0.6) is 5.75 Å². The summed E-state index contributed by atoms with van der Waals surface area (Å²) in [5.74, 6) is 2.45. The molecule has 0 saturated carbocycles. The number of aryl methyl sites for hydroxylation is 1. The lowest BCUT2D eigenvalue weighted by Gasteiger charge is -2.32. The Labute approximate surface area is 170 Å². The third-order valence-corrected chi connectivity index (χ3v) is 5.13. The molecule has 28 heavy (non-hydrogen) atoms. The number of nitrogens with zero attached hydrogens (tertiary/aromatic N) is 2. The smallest absolute Gasteiger partial charge is 0.191 e. The van der Waals surface area contributed by atoms with Crippen molar-refractivity contribution in [2.24, 2.45) is 10.9 Å². The van der Waals surface area contributed by atoms with Gasteiger partial charge in [-0.05, 0) is 57.3 Å². The summed E-state index contributed by atoms with van der Waals surface area (Å²) in [6.07, 6.45) is 2.58. The molecule has 0 amide bonds. The number of guanidine groups is 1. The molecule has 1 atom stereocenters. The number of ether oxygens (including phenoxy) is 2. The molecule has 1 aliphatic heterocycles. The number of hydrogen-bond donors (Lipinski definition) is 2. The van der Waals surface area contributed by atoms with Gasteiger partial charge >= 0.3 is 0 Å². The first-order valence-electron chi connectivity index (χ1n) is 10.6. The Kier molecular flexibility index (Phi) is 10.1. The summed E-state index contributed by atoms with van der Waals surface area (Å²) >= 11 is 0. The minimum atomic E-state index is 0.546. The lowest BCUT2D eigenvalue weighted by Crippen LogP contribution is -2.44. The van der Waals surface area contributed by atoms with Gasteiger partial charge in [0.25, 0.3) is 0 Å². The third kappa shape index (κ3) is 7.68. The van der Waals surface area contributed by atoms with E-state index >= 15 is 0 Å². The van der Waals surface area contributed by atoms with Gasteiger partial charge in [-0.15, -0.1) is 0 Å². The van der Waals surface area contributed by atoms with E-state index in [1.165, 1.54) is 31.5 Å². The Morgan fingerprint density at radius 3 is 2.86 bits per heavy atom. The van der Waals surface area contributed by atoms with Gasteiger partial charge in [-0.1, -0.05) is 19.1 Å². The van der Waals surface area contributed by atoms with E-state index in [0.29, 0.717) is 25.7 Å². The van der Waals surface area contributed by atoms with E-state index in [1.54, 1.807) is 7.11 Å². The number of hydrogen-bond acceptors (Lipinski definition) is 4. The van der Waals surface area contributed by atoms with Crippen LogP contribution in [0.1, 0.15) is 37.8 Å². The molecule has 0 aliphatic carbocycles. The van der Waals surface area contributed by atoms with Crippen molar-refractivity contribution in [2.45, 2.75) is 40.2 Å². The summed E-state index contributed by atoms with van der Waals surface area (Å²) in [7, 11) is 1.69. The van der Waals surface area contributed by atoms with E-state index in [-0.39, 0.29) is 0 Å². The van der Waals surface area contributed by atoms with Gasteiger partial charge in [0.1, 0.15) is 12.4 Å². The quantitative estimate of drug-likeness (QED) is 0.365. The normalized spacial score (nSPS) is 18.1. The maximum Gasteiger partial charge on any atom is 0.191 e. The Balaban J connectivity index is 1.96. The monoisotopic (exact) mass is 390 g/mol. The molecule has 0 radical (unpaired) electrons. The first kappa shape index (κ1) is 22.5. The SMILES string of the molecule is CCNC(=NCc1ccc(C)cc1OCCOC)NCC1CCCN(CC)C1. The molecule has 1 aromatic carbocycles.